The van der Waals surface area contributed by atoms with Crippen molar-refractivity contribution in [1.82, 2.24) is 0 Å². The maximum Gasteiger partial charge on any atom is 0.360 e. The molecule has 0 spiro atoms. The van der Waals surface area contributed by atoms with Gasteiger partial charge in [0.05, 0.1) is 7.11 Å². The Morgan fingerprint density at radius 2 is 1.89 bits per heavy atom. The van der Waals surface area contributed by atoms with Crippen LogP contribution in [0, 0.1) is 0 Å². The SMILES string of the molecule is CON=C(C(=O)OC)c1ccccc1C=CC(C)=O. The van der Waals surface area contributed by atoms with Crippen molar-refractivity contribution >= 4 is 23.5 Å². The normalized spacial score (nSPS) is 11.4. The molecule has 100 valence electrons. The number of ketones is 1. The van der Waals surface area contributed by atoms with Gasteiger partial charge in [0.15, 0.2) is 11.5 Å². The summed E-state index contributed by atoms with van der Waals surface area (Å²) in [5.41, 5.74) is 1.27. The summed E-state index contributed by atoms with van der Waals surface area (Å²) in [6.45, 7) is 1.45. The summed E-state index contributed by atoms with van der Waals surface area (Å²) < 4.78 is 4.66. The minimum atomic E-state index is -0.606. The van der Waals surface area contributed by atoms with E-state index >= 15 is 0 Å². The molecule has 5 nitrogen and oxygen atoms in total. The van der Waals surface area contributed by atoms with Crippen molar-refractivity contribution in [3.05, 3.63) is 41.5 Å². The van der Waals surface area contributed by atoms with Crippen molar-refractivity contribution in [2.75, 3.05) is 14.2 Å². The van der Waals surface area contributed by atoms with E-state index in [0.29, 0.717) is 11.1 Å². The first-order valence-corrected chi connectivity index (χ1v) is 5.57. The van der Waals surface area contributed by atoms with Crippen molar-refractivity contribution in [2.24, 2.45) is 5.16 Å². The molecule has 0 aromatic heterocycles. The van der Waals surface area contributed by atoms with Gasteiger partial charge >= 0.3 is 5.97 Å². The Hall–Kier alpha value is -2.43. The summed E-state index contributed by atoms with van der Waals surface area (Å²) in [4.78, 5) is 27.3. The molecule has 0 saturated carbocycles. The first kappa shape index (κ1) is 14.6. The third-order valence-electron chi connectivity index (χ3n) is 2.27. The minimum Gasteiger partial charge on any atom is -0.464 e. The van der Waals surface area contributed by atoms with Crippen LogP contribution in [0.3, 0.4) is 0 Å². The molecule has 0 N–H and O–H groups in total. The van der Waals surface area contributed by atoms with E-state index in [1.807, 2.05) is 0 Å². The van der Waals surface area contributed by atoms with Gasteiger partial charge in [0.25, 0.3) is 0 Å². The van der Waals surface area contributed by atoms with E-state index in [9.17, 15) is 9.59 Å². The molecule has 0 saturated heterocycles. The van der Waals surface area contributed by atoms with E-state index < -0.39 is 5.97 Å². The predicted octanol–water partition coefficient (Wildman–Crippen LogP) is 1.81. The molecular weight excluding hydrogens is 246 g/mol. The highest BCUT2D eigenvalue weighted by Crippen LogP contribution is 2.13. The first-order valence-electron chi connectivity index (χ1n) is 5.57. The standard InChI is InChI=1S/C14H15NO4/c1-10(16)8-9-11-6-4-5-7-12(11)13(15-19-3)14(17)18-2/h4-9H,1-3H3. The van der Waals surface area contributed by atoms with Crippen LogP contribution in [-0.4, -0.2) is 31.7 Å². The van der Waals surface area contributed by atoms with Crippen molar-refractivity contribution in [1.29, 1.82) is 0 Å². The molecular formula is C14H15NO4. The highest BCUT2D eigenvalue weighted by Gasteiger charge is 2.17. The smallest absolute Gasteiger partial charge is 0.360 e. The molecule has 1 rings (SSSR count). The van der Waals surface area contributed by atoms with Crippen LogP contribution in [0.15, 0.2) is 35.5 Å². The lowest BCUT2D eigenvalue weighted by Crippen LogP contribution is -2.18. The molecule has 1 aromatic rings. The molecule has 0 bridgehead atoms. The average molecular weight is 261 g/mol. The Kier molecular flexibility index (Phi) is 5.47. The Morgan fingerprint density at radius 3 is 2.47 bits per heavy atom. The van der Waals surface area contributed by atoms with Crippen molar-refractivity contribution < 1.29 is 19.2 Å². The number of oxime groups is 1. The molecule has 19 heavy (non-hydrogen) atoms. The van der Waals surface area contributed by atoms with Crippen LogP contribution in [0.4, 0.5) is 0 Å². The van der Waals surface area contributed by atoms with Gasteiger partial charge in [-0.15, -0.1) is 0 Å². The molecule has 1 aromatic carbocycles. The van der Waals surface area contributed by atoms with Gasteiger partial charge < -0.3 is 9.57 Å². The summed E-state index contributed by atoms with van der Waals surface area (Å²) in [5.74, 6) is -0.691. The summed E-state index contributed by atoms with van der Waals surface area (Å²) in [6, 6.07) is 7.02. The maximum atomic E-state index is 11.7. The molecule has 0 atom stereocenters. The molecule has 0 heterocycles. The van der Waals surface area contributed by atoms with Crippen LogP contribution in [-0.2, 0) is 19.2 Å². The molecule has 0 radical (unpaired) electrons. The topological polar surface area (TPSA) is 65.0 Å². The van der Waals surface area contributed by atoms with Gasteiger partial charge in [0, 0.05) is 5.56 Å². The second-order valence-corrected chi connectivity index (χ2v) is 3.65. The molecule has 0 unspecified atom stereocenters. The maximum absolute atomic E-state index is 11.7. The van der Waals surface area contributed by atoms with E-state index in [0.717, 1.165) is 0 Å². The van der Waals surface area contributed by atoms with E-state index in [1.54, 1.807) is 30.3 Å². The van der Waals surface area contributed by atoms with Gasteiger partial charge in [-0.3, -0.25) is 4.79 Å². The van der Waals surface area contributed by atoms with E-state index in [1.165, 1.54) is 27.2 Å². The minimum absolute atomic E-state index is 0.0498. The quantitative estimate of drug-likeness (QED) is 0.351. The Labute approximate surface area is 111 Å². The van der Waals surface area contributed by atoms with Crippen LogP contribution in [0.1, 0.15) is 18.1 Å². The van der Waals surface area contributed by atoms with E-state index in [-0.39, 0.29) is 11.5 Å². The zero-order chi connectivity index (χ0) is 14.3. The third-order valence-corrected chi connectivity index (χ3v) is 2.27. The fourth-order valence-corrected chi connectivity index (χ4v) is 1.45. The number of ether oxygens (including phenoxy) is 1. The first-order chi connectivity index (χ1) is 9.10. The van der Waals surface area contributed by atoms with Crippen LogP contribution in [0.25, 0.3) is 6.08 Å². The van der Waals surface area contributed by atoms with Crippen LogP contribution in [0.2, 0.25) is 0 Å². The number of nitrogens with zero attached hydrogens (tertiary/aromatic N) is 1. The zero-order valence-electron chi connectivity index (χ0n) is 11.0. The van der Waals surface area contributed by atoms with Crippen molar-refractivity contribution in [2.45, 2.75) is 6.92 Å². The third kappa shape index (κ3) is 4.06. The van der Waals surface area contributed by atoms with Gasteiger partial charge in [0.2, 0.25) is 0 Å². The van der Waals surface area contributed by atoms with Gasteiger partial charge in [-0.25, -0.2) is 4.79 Å². The second-order valence-electron chi connectivity index (χ2n) is 3.65. The summed E-state index contributed by atoms with van der Waals surface area (Å²) in [6.07, 6.45) is 3.03. The van der Waals surface area contributed by atoms with Crippen LogP contribution < -0.4 is 0 Å². The van der Waals surface area contributed by atoms with Gasteiger partial charge in [-0.2, -0.15) is 0 Å². The lowest BCUT2D eigenvalue weighted by molar-refractivity contribution is -0.132. The number of benzene rings is 1. The largest absolute Gasteiger partial charge is 0.464 e. The average Bonchev–Trinajstić information content (AvgIpc) is 2.42. The number of hydrogen-bond donors (Lipinski definition) is 0. The molecule has 5 heteroatoms. The van der Waals surface area contributed by atoms with Gasteiger partial charge in [-0.1, -0.05) is 35.5 Å². The zero-order valence-corrected chi connectivity index (χ0v) is 11.0. The summed E-state index contributed by atoms with van der Waals surface area (Å²) in [7, 11) is 2.61. The summed E-state index contributed by atoms with van der Waals surface area (Å²) in [5, 5.41) is 3.68. The monoisotopic (exact) mass is 261 g/mol. The van der Waals surface area contributed by atoms with Crippen LogP contribution >= 0.6 is 0 Å². The molecule has 0 fully saturated rings. The van der Waals surface area contributed by atoms with Gasteiger partial charge in [-0.05, 0) is 18.6 Å². The van der Waals surface area contributed by atoms with Crippen LogP contribution in [0.5, 0.6) is 0 Å². The Balaban J connectivity index is 3.28. The second kappa shape index (κ2) is 7.10. The highest BCUT2D eigenvalue weighted by molar-refractivity contribution is 6.43. The summed E-state index contributed by atoms with van der Waals surface area (Å²) >= 11 is 0. The number of esters is 1. The molecule has 0 amide bonds. The number of rotatable bonds is 5. The van der Waals surface area contributed by atoms with Crippen molar-refractivity contribution in [3.8, 4) is 0 Å². The number of carbonyl (C=O) groups is 2. The molecule has 0 aliphatic carbocycles. The van der Waals surface area contributed by atoms with Gasteiger partial charge in [0.1, 0.15) is 7.11 Å². The Bertz CT molecular complexity index is 532. The predicted molar refractivity (Wildman–Crippen MR) is 71.7 cm³/mol. The van der Waals surface area contributed by atoms with E-state index in [4.69, 9.17) is 0 Å². The lowest BCUT2D eigenvalue weighted by Gasteiger charge is -2.07. The Morgan fingerprint density at radius 1 is 1.21 bits per heavy atom. The number of hydrogen-bond acceptors (Lipinski definition) is 5. The van der Waals surface area contributed by atoms with Crippen molar-refractivity contribution in [3.63, 3.8) is 0 Å². The number of carbonyl (C=O) groups excluding carboxylic acids is 2. The molecule has 0 aliphatic rings. The fourth-order valence-electron chi connectivity index (χ4n) is 1.45. The lowest BCUT2D eigenvalue weighted by atomic mass is 10.0. The fraction of sp³-hybridized carbons (Fsp3) is 0.214. The molecule has 0 aliphatic heterocycles. The highest BCUT2D eigenvalue weighted by atomic mass is 16.6. The number of allylic oxidation sites excluding steroid dienone is 1. The van der Waals surface area contributed by atoms with E-state index in [2.05, 4.69) is 14.7 Å². The number of methoxy groups -OCH3 is 1.